The van der Waals surface area contributed by atoms with Gasteiger partial charge >= 0.3 is 0 Å². The van der Waals surface area contributed by atoms with Crippen molar-refractivity contribution in [3.63, 3.8) is 0 Å². The third kappa shape index (κ3) is 5.78. The van der Waals surface area contributed by atoms with Gasteiger partial charge in [-0.05, 0) is 35.7 Å². The van der Waals surface area contributed by atoms with Crippen LogP contribution in [0.3, 0.4) is 0 Å². The molecule has 0 aliphatic heterocycles. The van der Waals surface area contributed by atoms with Gasteiger partial charge < -0.3 is 5.32 Å². The van der Waals surface area contributed by atoms with E-state index in [4.69, 9.17) is 11.6 Å². The lowest BCUT2D eigenvalue weighted by Crippen LogP contribution is -2.27. The zero-order valence-corrected chi connectivity index (χ0v) is 19.0. The minimum atomic E-state index is -0.0319. The zero-order chi connectivity index (χ0) is 22.2. The summed E-state index contributed by atoms with van der Waals surface area (Å²) in [6.07, 6.45) is 2.44. The summed E-state index contributed by atoms with van der Waals surface area (Å²) in [5.41, 5.74) is 3.35. The number of halogens is 1. The van der Waals surface area contributed by atoms with Crippen LogP contribution in [-0.2, 0) is 4.79 Å². The molecule has 0 radical (unpaired) electrons. The van der Waals surface area contributed by atoms with Crippen molar-refractivity contribution in [3.05, 3.63) is 107 Å². The third-order valence-corrected chi connectivity index (χ3v) is 6.27. The molecule has 4 rings (SSSR count). The second-order valence-electron chi connectivity index (χ2n) is 7.26. The molecule has 0 saturated heterocycles. The molecule has 0 aliphatic carbocycles. The van der Waals surface area contributed by atoms with Crippen LogP contribution in [0.1, 0.15) is 23.5 Å². The van der Waals surface area contributed by atoms with Crippen molar-refractivity contribution in [3.8, 4) is 5.69 Å². The van der Waals surface area contributed by atoms with E-state index in [9.17, 15) is 4.79 Å². The molecule has 7 heteroatoms. The molecule has 5 nitrogen and oxygen atoms in total. The predicted molar refractivity (Wildman–Crippen MR) is 129 cm³/mol. The molecule has 0 atom stereocenters. The second kappa shape index (κ2) is 11.0. The Morgan fingerprint density at radius 1 is 0.969 bits per heavy atom. The van der Waals surface area contributed by atoms with Gasteiger partial charge in [0.25, 0.3) is 0 Å². The average Bonchev–Trinajstić information content (AvgIpc) is 3.30. The standard InChI is InChI=1S/C25H23ClN4OS/c26-21-12-7-13-22(16-21)30-18-28-29-25(30)32-17-24(31)27-15-14-23(19-8-3-1-4-9-19)20-10-5-2-6-11-20/h1-13,16,18,23H,14-15,17H2,(H,27,31). The summed E-state index contributed by atoms with van der Waals surface area (Å²) in [6, 6.07) is 28.2. The number of nitrogens with one attached hydrogen (secondary N) is 1. The van der Waals surface area contributed by atoms with Gasteiger partial charge in [-0.1, -0.05) is 90.1 Å². The Morgan fingerprint density at radius 3 is 2.31 bits per heavy atom. The Morgan fingerprint density at radius 2 is 1.66 bits per heavy atom. The van der Waals surface area contributed by atoms with E-state index >= 15 is 0 Å². The van der Waals surface area contributed by atoms with Gasteiger partial charge in [-0.3, -0.25) is 9.36 Å². The van der Waals surface area contributed by atoms with Gasteiger partial charge in [0.2, 0.25) is 5.91 Å². The highest BCUT2D eigenvalue weighted by atomic mass is 35.5. The van der Waals surface area contributed by atoms with Gasteiger partial charge in [0.1, 0.15) is 6.33 Å². The van der Waals surface area contributed by atoms with Crippen molar-refractivity contribution in [2.45, 2.75) is 17.5 Å². The Bertz CT molecular complexity index is 1110. The lowest BCUT2D eigenvalue weighted by molar-refractivity contribution is -0.118. The highest BCUT2D eigenvalue weighted by Gasteiger charge is 2.15. The van der Waals surface area contributed by atoms with Gasteiger partial charge in [0.15, 0.2) is 5.16 Å². The van der Waals surface area contributed by atoms with Crippen molar-refractivity contribution >= 4 is 29.3 Å². The van der Waals surface area contributed by atoms with Crippen LogP contribution in [0, 0.1) is 0 Å². The zero-order valence-electron chi connectivity index (χ0n) is 17.4. The van der Waals surface area contributed by atoms with Crippen LogP contribution in [0.15, 0.2) is 96.4 Å². The highest BCUT2D eigenvalue weighted by molar-refractivity contribution is 7.99. The first kappa shape index (κ1) is 22.1. The number of hydrogen-bond donors (Lipinski definition) is 1. The number of aromatic nitrogens is 3. The SMILES string of the molecule is O=C(CSc1nncn1-c1cccc(Cl)c1)NCCC(c1ccccc1)c1ccccc1. The fraction of sp³-hybridized carbons (Fsp3) is 0.160. The normalized spacial score (nSPS) is 10.9. The van der Waals surface area contributed by atoms with Crippen LogP contribution in [0.25, 0.3) is 5.69 Å². The molecule has 0 bridgehead atoms. The first-order valence-corrected chi connectivity index (χ1v) is 11.7. The van der Waals surface area contributed by atoms with Crippen LogP contribution in [0.2, 0.25) is 5.02 Å². The lowest BCUT2D eigenvalue weighted by Gasteiger charge is -2.18. The molecule has 0 spiro atoms. The molecule has 162 valence electrons. The van der Waals surface area contributed by atoms with Crippen LogP contribution >= 0.6 is 23.4 Å². The van der Waals surface area contributed by atoms with E-state index in [0.717, 1.165) is 12.1 Å². The number of hydrogen-bond acceptors (Lipinski definition) is 4. The van der Waals surface area contributed by atoms with E-state index in [1.807, 2.05) is 41.0 Å². The summed E-state index contributed by atoms with van der Waals surface area (Å²) in [5, 5.41) is 12.4. The first-order chi connectivity index (χ1) is 15.7. The molecule has 0 fully saturated rings. The minimum absolute atomic E-state index is 0.0319. The Hall–Kier alpha value is -3.09. The van der Waals surface area contributed by atoms with Gasteiger partial charge in [0, 0.05) is 17.5 Å². The van der Waals surface area contributed by atoms with Crippen molar-refractivity contribution < 1.29 is 4.79 Å². The Labute approximate surface area is 196 Å². The largest absolute Gasteiger partial charge is 0.355 e. The van der Waals surface area contributed by atoms with Crippen molar-refractivity contribution in [1.82, 2.24) is 20.1 Å². The van der Waals surface area contributed by atoms with E-state index < -0.39 is 0 Å². The van der Waals surface area contributed by atoms with E-state index in [0.29, 0.717) is 16.7 Å². The van der Waals surface area contributed by atoms with Crippen LogP contribution in [0.4, 0.5) is 0 Å². The minimum Gasteiger partial charge on any atom is -0.355 e. The van der Waals surface area contributed by atoms with Crippen molar-refractivity contribution in [1.29, 1.82) is 0 Å². The van der Waals surface area contributed by atoms with Gasteiger partial charge in [-0.25, -0.2) is 0 Å². The van der Waals surface area contributed by atoms with Crippen LogP contribution < -0.4 is 5.32 Å². The van der Waals surface area contributed by atoms with Gasteiger partial charge in [-0.15, -0.1) is 10.2 Å². The first-order valence-electron chi connectivity index (χ1n) is 10.4. The maximum Gasteiger partial charge on any atom is 0.230 e. The molecular weight excluding hydrogens is 440 g/mol. The third-order valence-electron chi connectivity index (χ3n) is 5.09. The van der Waals surface area contributed by atoms with E-state index in [1.165, 1.54) is 22.9 Å². The number of rotatable bonds is 9. The van der Waals surface area contributed by atoms with Crippen LogP contribution in [0.5, 0.6) is 0 Å². The molecule has 4 aromatic rings. The van der Waals surface area contributed by atoms with Gasteiger partial charge in [0.05, 0.1) is 11.4 Å². The average molecular weight is 463 g/mol. The smallest absolute Gasteiger partial charge is 0.230 e. The summed E-state index contributed by atoms with van der Waals surface area (Å²) in [5.74, 6) is 0.465. The van der Waals surface area contributed by atoms with Gasteiger partial charge in [-0.2, -0.15) is 0 Å². The number of carbonyl (C=O) groups is 1. The fourth-order valence-electron chi connectivity index (χ4n) is 3.56. The Balaban J connectivity index is 1.33. The van der Waals surface area contributed by atoms with E-state index in [2.05, 4.69) is 64.0 Å². The number of amides is 1. The summed E-state index contributed by atoms with van der Waals surface area (Å²) >= 11 is 7.44. The Kier molecular flexibility index (Phi) is 7.59. The summed E-state index contributed by atoms with van der Waals surface area (Å²) in [4.78, 5) is 12.5. The molecule has 32 heavy (non-hydrogen) atoms. The number of thioether (sulfide) groups is 1. The highest BCUT2D eigenvalue weighted by Crippen LogP contribution is 2.27. The summed E-state index contributed by atoms with van der Waals surface area (Å²) in [7, 11) is 0. The molecule has 0 aliphatic rings. The summed E-state index contributed by atoms with van der Waals surface area (Å²) in [6.45, 7) is 0.592. The molecule has 1 amide bonds. The fourth-order valence-corrected chi connectivity index (χ4v) is 4.50. The molecular formula is C25H23ClN4OS. The maximum atomic E-state index is 12.5. The monoisotopic (exact) mass is 462 g/mol. The molecule has 0 unspecified atom stereocenters. The van der Waals surface area contributed by atoms with Crippen molar-refractivity contribution in [2.75, 3.05) is 12.3 Å². The van der Waals surface area contributed by atoms with E-state index in [1.54, 1.807) is 6.33 Å². The quantitative estimate of drug-likeness (QED) is 0.340. The number of benzene rings is 3. The topological polar surface area (TPSA) is 59.8 Å². The lowest BCUT2D eigenvalue weighted by atomic mass is 9.88. The molecule has 1 N–H and O–H groups in total. The molecule has 1 aromatic heterocycles. The predicted octanol–water partition coefficient (Wildman–Crippen LogP) is 5.35. The number of carbonyl (C=O) groups excluding carboxylic acids is 1. The summed E-state index contributed by atoms with van der Waals surface area (Å²) < 4.78 is 1.82. The maximum absolute atomic E-state index is 12.5. The second-order valence-corrected chi connectivity index (χ2v) is 8.64. The molecule has 3 aromatic carbocycles. The van der Waals surface area contributed by atoms with Crippen molar-refractivity contribution in [2.24, 2.45) is 0 Å². The molecule has 1 heterocycles. The van der Waals surface area contributed by atoms with E-state index in [-0.39, 0.29) is 17.6 Å². The molecule has 0 saturated carbocycles. The van der Waals surface area contributed by atoms with Crippen LogP contribution in [-0.4, -0.2) is 33.0 Å². The number of nitrogens with zero attached hydrogens (tertiary/aromatic N) is 3.